The number of hydrogen-bond acceptors (Lipinski definition) is 5. The Kier molecular flexibility index (Phi) is 10.7. The normalized spacial score (nSPS) is 17.3. The molecule has 1 aromatic carbocycles. The van der Waals surface area contributed by atoms with E-state index in [9.17, 15) is 19.5 Å². The summed E-state index contributed by atoms with van der Waals surface area (Å²) in [6, 6.07) is 9.05. The van der Waals surface area contributed by atoms with Crippen molar-refractivity contribution in [2.24, 2.45) is 5.92 Å². The Balaban J connectivity index is 2.01. The molecule has 1 aliphatic heterocycles. The van der Waals surface area contributed by atoms with Gasteiger partial charge in [0.1, 0.15) is 6.10 Å². The number of ether oxygens (including phenoxy) is 1. The summed E-state index contributed by atoms with van der Waals surface area (Å²) in [6.07, 6.45) is 5.40. The maximum absolute atomic E-state index is 12.9. The number of benzene rings is 1. The molecule has 7 nitrogen and oxygen atoms in total. The van der Waals surface area contributed by atoms with Gasteiger partial charge < -0.3 is 20.1 Å². The number of aliphatic hydroxyl groups excluding tert-OH is 1. The first-order valence-corrected chi connectivity index (χ1v) is 11.1. The fraction of sp³-hybridized carbons (Fsp3) is 0.480. The molecule has 2 N–H and O–H groups in total. The quantitative estimate of drug-likeness (QED) is 0.362. The Labute approximate surface area is 190 Å². The van der Waals surface area contributed by atoms with Crippen molar-refractivity contribution in [3.63, 3.8) is 0 Å². The molecule has 1 aliphatic rings. The smallest absolute Gasteiger partial charge is 0.306 e. The Morgan fingerprint density at radius 1 is 1.22 bits per heavy atom. The standard InChI is InChI=1S/C25H34N2O5/c1-3-5-14-24(30)32-22(19-11-7-6-8-12-19)17-26-25(31)20(10-4-2)16-23(29)27-15-9-13-21(27)18-28/h3-4,6-8,11-12,20-22,28H,1-2,5,9-10,13-18H2,(H,26,31)/t20-,21-,22-/m0/s1. The van der Waals surface area contributed by atoms with Gasteiger partial charge in [-0.05, 0) is 31.2 Å². The number of carbonyl (C=O) groups excluding carboxylic acids is 3. The van der Waals surface area contributed by atoms with Gasteiger partial charge in [-0.25, -0.2) is 0 Å². The average molecular weight is 443 g/mol. The maximum atomic E-state index is 12.9. The zero-order valence-electron chi connectivity index (χ0n) is 18.6. The molecule has 0 unspecified atom stereocenters. The van der Waals surface area contributed by atoms with E-state index < -0.39 is 12.0 Å². The number of allylic oxidation sites excluding steroid dienone is 2. The third-order valence-corrected chi connectivity index (χ3v) is 5.61. The van der Waals surface area contributed by atoms with E-state index in [1.807, 2.05) is 30.3 Å². The summed E-state index contributed by atoms with van der Waals surface area (Å²) in [6.45, 7) is 7.95. The zero-order chi connectivity index (χ0) is 23.3. The van der Waals surface area contributed by atoms with Crippen molar-refractivity contribution in [2.75, 3.05) is 19.7 Å². The monoisotopic (exact) mass is 442 g/mol. The molecule has 174 valence electrons. The molecule has 0 spiro atoms. The van der Waals surface area contributed by atoms with Crippen LogP contribution >= 0.6 is 0 Å². The van der Waals surface area contributed by atoms with E-state index in [0.29, 0.717) is 19.4 Å². The summed E-state index contributed by atoms with van der Waals surface area (Å²) in [5.74, 6) is -1.37. The van der Waals surface area contributed by atoms with Crippen molar-refractivity contribution < 1.29 is 24.2 Å². The summed E-state index contributed by atoms with van der Waals surface area (Å²) in [7, 11) is 0. The lowest BCUT2D eigenvalue weighted by Gasteiger charge is -2.25. The summed E-state index contributed by atoms with van der Waals surface area (Å²) < 4.78 is 5.60. The SMILES string of the molecule is C=CCCC(=O)O[C@@H](CNC(=O)[C@@H](CC=C)CC(=O)N1CCC[C@H]1CO)c1ccccc1. The van der Waals surface area contributed by atoms with E-state index in [1.54, 1.807) is 17.1 Å². The highest BCUT2D eigenvalue weighted by Crippen LogP contribution is 2.22. The molecule has 1 fully saturated rings. The first-order valence-electron chi connectivity index (χ1n) is 11.1. The first kappa shape index (κ1) is 25.3. The number of aliphatic hydroxyl groups is 1. The van der Waals surface area contributed by atoms with Crippen molar-refractivity contribution in [3.8, 4) is 0 Å². The summed E-state index contributed by atoms with van der Waals surface area (Å²) in [5.41, 5.74) is 0.777. The molecule has 0 aromatic heterocycles. The van der Waals surface area contributed by atoms with Gasteiger partial charge in [-0.2, -0.15) is 0 Å². The second-order valence-electron chi connectivity index (χ2n) is 7.95. The van der Waals surface area contributed by atoms with Crippen LogP contribution in [-0.4, -0.2) is 53.5 Å². The first-order chi connectivity index (χ1) is 15.5. The van der Waals surface area contributed by atoms with Gasteiger partial charge in [-0.1, -0.05) is 42.5 Å². The number of esters is 1. The van der Waals surface area contributed by atoms with Crippen LogP contribution in [0.4, 0.5) is 0 Å². The van der Waals surface area contributed by atoms with Crippen molar-refractivity contribution >= 4 is 17.8 Å². The molecule has 7 heteroatoms. The average Bonchev–Trinajstić information content (AvgIpc) is 3.29. The third kappa shape index (κ3) is 7.64. The lowest BCUT2D eigenvalue weighted by atomic mass is 9.99. The Morgan fingerprint density at radius 3 is 2.62 bits per heavy atom. The Morgan fingerprint density at radius 2 is 1.97 bits per heavy atom. The summed E-state index contributed by atoms with van der Waals surface area (Å²) >= 11 is 0. The minimum atomic E-state index is -0.630. The fourth-order valence-corrected chi connectivity index (χ4v) is 3.84. The van der Waals surface area contributed by atoms with Gasteiger partial charge in [-0.15, -0.1) is 13.2 Å². The van der Waals surface area contributed by atoms with Gasteiger partial charge in [0.25, 0.3) is 0 Å². The predicted octanol–water partition coefficient (Wildman–Crippen LogP) is 2.92. The molecule has 2 rings (SSSR count). The molecule has 0 radical (unpaired) electrons. The lowest BCUT2D eigenvalue weighted by Crippen LogP contribution is -2.41. The number of likely N-dealkylation sites (tertiary alicyclic amines) is 1. The second-order valence-corrected chi connectivity index (χ2v) is 7.95. The van der Waals surface area contributed by atoms with Crippen LogP contribution in [0.2, 0.25) is 0 Å². The molecule has 1 saturated heterocycles. The van der Waals surface area contributed by atoms with E-state index in [4.69, 9.17) is 4.74 Å². The summed E-state index contributed by atoms with van der Waals surface area (Å²) in [4.78, 5) is 39.4. The number of hydrogen-bond donors (Lipinski definition) is 2. The zero-order valence-corrected chi connectivity index (χ0v) is 18.6. The van der Waals surface area contributed by atoms with Crippen LogP contribution in [0, 0.1) is 5.92 Å². The molecule has 2 amide bonds. The van der Waals surface area contributed by atoms with Gasteiger partial charge in [0, 0.05) is 19.4 Å². The number of rotatable bonds is 13. The van der Waals surface area contributed by atoms with Gasteiger partial charge in [0.15, 0.2) is 0 Å². The Bertz CT molecular complexity index is 780. The van der Waals surface area contributed by atoms with E-state index in [0.717, 1.165) is 18.4 Å². The number of carbonyl (C=O) groups is 3. The highest BCUT2D eigenvalue weighted by Gasteiger charge is 2.31. The largest absolute Gasteiger partial charge is 0.456 e. The number of nitrogens with zero attached hydrogens (tertiary/aromatic N) is 1. The molecule has 1 aromatic rings. The molecular formula is C25H34N2O5. The van der Waals surface area contributed by atoms with Crippen molar-refractivity contribution in [1.29, 1.82) is 0 Å². The number of nitrogens with one attached hydrogen (secondary N) is 1. The van der Waals surface area contributed by atoms with Crippen molar-refractivity contribution in [1.82, 2.24) is 10.2 Å². The number of amides is 2. The highest BCUT2D eigenvalue weighted by atomic mass is 16.5. The minimum Gasteiger partial charge on any atom is -0.456 e. The lowest BCUT2D eigenvalue weighted by molar-refractivity contribution is -0.150. The van der Waals surface area contributed by atoms with Crippen molar-refractivity contribution in [2.45, 2.75) is 50.7 Å². The van der Waals surface area contributed by atoms with Crippen molar-refractivity contribution in [3.05, 3.63) is 61.2 Å². The van der Waals surface area contributed by atoms with Crippen LogP contribution in [0.3, 0.4) is 0 Å². The van der Waals surface area contributed by atoms with E-state index >= 15 is 0 Å². The predicted molar refractivity (Wildman–Crippen MR) is 122 cm³/mol. The third-order valence-electron chi connectivity index (χ3n) is 5.61. The second kappa shape index (κ2) is 13.5. The minimum absolute atomic E-state index is 0.0451. The van der Waals surface area contributed by atoms with Crippen LogP contribution in [0.15, 0.2) is 55.6 Å². The molecular weight excluding hydrogens is 408 g/mol. The molecule has 1 heterocycles. The Hall–Kier alpha value is -2.93. The van der Waals surface area contributed by atoms with Gasteiger partial charge in [0.05, 0.1) is 25.1 Å². The van der Waals surface area contributed by atoms with Crippen LogP contribution in [-0.2, 0) is 19.1 Å². The van der Waals surface area contributed by atoms with Gasteiger partial charge in [0.2, 0.25) is 11.8 Å². The molecule has 0 saturated carbocycles. The molecule has 0 aliphatic carbocycles. The van der Waals surface area contributed by atoms with Gasteiger partial charge in [-0.3, -0.25) is 14.4 Å². The maximum Gasteiger partial charge on any atom is 0.306 e. The summed E-state index contributed by atoms with van der Waals surface area (Å²) in [5, 5.41) is 12.3. The van der Waals surface area contributed by atoms with Crippen LogP contribution in [0.5, 0.6) is 0 Å². The fourth-order valence-electron chi connectivity index (χ4n) is 3.84. The molecule has 3 atom stereocenters. The molecule has 32 heavy (non-hydrogen) atoms. The molecule has 0 bridgehead atoms. The topological polar surface area (TPSA) is 95.9 Å². The van der Waals surface area contributed by atoms with E-state index in [2.05, 4.69) is 18.5 Å². The van der Waals surface area contributed by atoms with Crippen LogP contribution in [0.25, 0.3) is 0 Å². The van der Waals surface area contributed by atoms with E-state index in [1.165, 1.54) is 0 Å². The van der Waals surface area contributed by atoms with E-state index in [-0.39, 0.29) is 49.8 Å². The highest BCUT2D eigenvalue weighted by molar-refractivity contribution is 5.86. The van der Waals surface area contributed by atoms with Crippen LogP contribution < -0.4 is 5.32 Å². The van der Waals surface area contributed by atoms with Gasteiger partial charge >= 0.3 is 5.97 Å². The van der Waals surface area contributed by atoms with Crippen LogP contribution in [0.1, 0.15) is 50.2 Å².